The number of fused-ring (bicyclic) bond motifs is 1. The van der Waals surface area contributed by atoms with E-state index in [9.17, 15) is 13.9 Å². The third kappa shape index (κ3) is 4.56. The van der Waals surface area contributed by atoms with Crippen molar-refractivity contribution in [2.45, 2.75) is 31.3 Å². The van der Waals surface area contributed by atoms with Gasteiger partial charge in [-0.3, -0.25) is 0 Å². The number of likely N-dealkylation sites (tertiary alicyclic amines) is 1. The Morgan fingerprint density at radius 2 is 1.64 bits per heavy atom. The second-order valence-corrected chi connectivity index (χ2v) is 9.04. The lowest BCUT2D eigenvalue weighted by Gasteiger charge is -2.39. The van der Waals surface area contributed by atoms with Gasteiger partial charge in [-0.15, -0.1) is 0 Å². The fraction of sp³-hybridized carbons (Fsp3) is 0.286. The molecule has 1 aromatic heterocycles. The first-order valence-electron chi connectivity index (χ1n) is 11.6. The smallest absolute Gasteiger partial charge is 0.123 e. The maximum Gasteiger partial charge on any atom is 0.123 e. The minimum absolute atomic E-state index is 0.214. The zero-order chi connectivity index (χ0) is 22.8. The lowest BCUT2D eigenvalue weighted by atomic mass is 9.80. The molecule has 0 atom stereocenters. The Kier molecular flexibility index (Phi) is 6.00. The van der Waals surface area contributed by atoms with Crippen LogP contribution < -0.4 is 0 Å². The summed E-state index contributed by atoms with van der Waals surface area (Å²) >= 11 is 0. The highest BCUT2D eigenvalue weighted by molar-refractivity contribution is 5.83. The summed E-state index contributed by atoms with van der Waals surface area (Å²) in [7, 11) is 0. The topological polar surface area (TPSA) is 39.3 Å². The first-order valence-corrected chi connectivity index (χ1v) is 11.6. The maximum atomic E-state index is 14.0. The zero-order valence-corrected chi connectivity index (χ0v) is 18.5. The largest absolute Gasteiger partial charge is 0.385 e. The van der Waals surface area contributed by atoms with Crippen molar-refractivity contribution >= 4 is 10.9 Å². The van der Waals surface area contributed by atoms with Gasteiger partial charge in [0, 0.05) is 30.2 Å². The molecule has 1 aliphatic heterocycles. The molecule has 4 aromatic rings. The first kappa shape index (κ1) is 21.8. The maximum absolute atomic E-state index is 14.0. The molecule has 170 valence electrons. The summed E-state index contributed by atoms with van der Waals surface area (Å²) in [5.41, 5.74) is 3.61. The number of hydrogen-bond donors (Lipinski definition) is 2. The predicted molar refractivity (Wildman–Crippen MR) is 128 cm³/mol. The van der Waals surface area contributed by atoms with E-state index in [4.69, 9.17) is 0 Å². The van der Waals surface area contributed by atoms with Crippen LogP contribution in [0.25, 0.3) is 22.0 Å². The highest BCUT2D eigenvalue weighted by Gasteiger charge is 2.35. The van der Waals surface area contributed by atoms with Gasteiger partial charge < -0.3 is 15.0 Å². The van der Waals surface area contributed by atoms with E-state index in [1.54, 1.807) is 18.2 Å². The van der Waals surface area contributed by atoms with Gasteiger partial charge in [-0.05, 0) is 84.8 Å². The van der Waals surface area contributed by atoms with Crippen LogP contribution in [0.1, 0.15) is 30.4 Å². The molecule has 1 fully saturated rings. The highest BCUT2D eigenvalue weighted by atomic mass is 19.1. The number of benzene rings is 3. The average Bonchev–Trinajstić information content (AvgIpc) is 3.23. The SMILES string of the molecule is OC1(c2ccc(F)cc2-c2ccccc2)CCN(CCCc2c[nH]c3ccc(F)cc23)CC1. The van der Waals surface area contributed by atoms with E-state index in [1.807, 2.05) is 36.5 Å². The molecule has 33 heavy (non-hydrogen) atoms. The van der Waals surface area contributed by atoms with Crippen molar-refractivity contribution in [2.24, 2.45) is 0 Å². The summed E-state index contributed by atoms with van der Waals surface area (Å²) in [6, 6.07) is 19.2. The van der Waals surface area contributed by atoms with Gasteiger partial charge in [0.2, 0.25) is 0 Å². The van der Waals surface area contributed by atoms with Crippen molar-refractivity contribution in [3.63, 3.8) is 0 Å². The number of rotatable bonds is 6. The third-order valence-electron chi connectivity index (χ3n) is 6.90. The molecule has 2 N–H and O–H groups in total. The molecule has 1 saturated heterocycles. The van der Waals surface area contributed by atoms with Crippen LogP contribution in [0.2, 0.25) is 0 Å². The van der Waals surface area contributed by atoms with E-state index < -0.39 is 5.60 Å². The average molecular weight is 447 g/mol. The molecule has 0 amide bonds. The van der Waals surface area contributed by atoms with Crippen LogP contribution in [0.15, 0.2) is 72.9 Å². The van der Waals surface area contributed by atoms with Gasteiger partial charge >= 0.3 is 0 Å². The Morgan fingerprint density at radius 1 is 0.909 bits per heavy atom. The van der Waals surface area contributed by atoms with E-state index in [0.717, 1.165) is 65.6 Å². The standard InChI is InChI=1S/C28H28F2N2O/c29-22-8-10-26(24(17-22)20-5-2-1-3-6-20)28(33)12-15-32(16-13-28)14-4-7-21-19-31-27-11-9-23(30)18-25(21)27/h1-3,5-6,8-11,17-19,31,33H,4,7,12-16H2. The molecule has 0 saturated carbocycles. The Balaban J connectivity index is 1.23. The van der Waals surface area contributed by atoms with Crippen LogP contribution in [-0.4, -0.2) is 34.6 Å². The molecule has 5 heteroatoms. The number of nitrogens with one attached hydrogen (secondary N) is 1. The molecule has 1 aliphatic rings. The van der Waals surface area contributed by atoms with Gasteiger partial charge in [-0.25, -0.2) is 8.78 Å². The lowest BCUT2D eigenvalue weighted by Crippen LogP contribution is -2.43. The molecular weight excluding hydrogens is 418 g/mol. The zero-order valence-electron chi connectivity index (χ0n) is 18.5. The van der Waals surface area contributed by atoms with Crippen LogP contribution in [0, 0.1) is 11.6 Å². The number of aromatic nitrogens is 1. The fourth-order valence-corrected chi connectivity index (χ4v) is 5.05. The molecule has 0 aliphatic carbocycles. The summed E-state index contributed by atoms with van der Waals surface area (Å²) < 4.78 is 27.7. The van der Waals surface area contributed by atoms with Gasteiger partial charge in [0.15, 0.2) is 0 Å². The number of aryl methyl sites for hydroxylation is 1. The van der Waals surface area contributed by atoms with Crippen LogP contribution in [0.3, 0.4) is 0 Å². The molecule has 0 unspecified atom stereocenters. The summed E-state index contributed by atoms with van der Waals surface area (Å²) in [6.45, 7) is 2.49. The predicted octanol–water partition coefficient (Wildman–Crippen LogP) is 6.03. The van der Waals surface area contributed by atoms with Crippen LogP contribution in [-0.2, 0) is 12.0 Å². The lowest BCUT2D eigenvalue weighted by molar-refractivity contribution is -0.0255. The first-order chi connectivity index (χ1) is 16.0. The van der Waals surface area contributed by atoms with Crippen LogP contribution in [0.5, 0.6) is 0 Å². The quantitative estimate of drug-likeness (QED) is 0.380. The van der Waals surface area contributed by atoms with E-state index in [-0.39, 0.29) is 11.6 Å². The number of piperidine rings is 1. The van der Waals surface area contributed by atoms with Gasteiger partial charge in [-0.2, -0.15) is 0 Å². The van der Waals surface area contributed by atoms with Gasteiger partial charge in [0.05, 0.1) is 5.60 Å². The molecule has 0 bridgehead atoms. The van der Waals surface area contributed by atoms with E-state index in [2.05, 4.69) is 9.88 Å². The number of H-pyrrole nitrogens is 1. The Labute approximate surface area is 192 Å². The fourth-order valence-electron chi connectivity index (χ4n) is 5.05. The molecule has 2 heterocycles. The Bertz CT molecular complexity index is 1240. The second-order valence-electron chi connectivity index (χ2n) is 9.04. The van der Waals surface area contributed by atoms with Crippen LogP contribution in [0.4, 0.5) is 8.78 Å². The van der Waals surface area contributed by atoms with E-state index in [1.165, 1.54) is 18.2 Å². The summed E-state index contributed by atoms with van der Waals surface area (Å²) in [4.78, 5) is 5.59. The molecular formula is C28H28F2N2O. The van der Waals surface area contributed by atoms with Crippen molar-refractivity contribution in [3.8, 4) is 11.1 Å². The highest BCUT2D eigenvalue weighted by Crippen LogP contribution is 2.39. The number of aromatic amines is 1. The van der Waals surface area contributed by atoms with Gasteiger partial charge in [-0.1, -0.05) is 36.4 Å². The third-order valence-corrected chi connectivity index (χ3v) is 6.90. The normalized spacial score (nSPS) is 16.3. The van der Waals surface area contributed by atoms with Crippen LogP contribution >= 0.6 is 0 Å². The van der Waals surface area contributed by atoms with Gasteiger partial charge in [0.1, 0.15) is 11.6 Å². The Morgan fingerprint density at radius 3 is 2.42 bits per heavy atom. The number of nitrogens with zero attached hydrogens (tertiary/aromatic N) is 1. The molecule has 0 spiro atoms. The minimum Gasteiger partial charge on any atom is -0.385 e. The second kappa shape index (κ2) is 9.08. The molecule has 3 aromatic carbocycles. The van der Waals surface area contributed by atoms with Crippen molar-refractivity contribution < 1.29 is 13.9 Å². The van der Waals surface area contributed by atoms with Crippen molar-refractivity contribution in [1.82, 2.24) is 9.88 Å². The van der Waals surface area contributed by atoms with E-state index >= 15 is 0 Å². The molecule has 3 nitrogen and oxygen atoms in total. The minimum atomic E-state index is -0.969. The summed E-state index contributed by atoms with van der Waals surface area (Å²) in [5.74, 6) is -0.509. The summed E-state index contributed by atoms with van der Waals surface area (Å²) in [5, 5.41) is 12.5. The van der Waals surface area contributed by atoms with E-state index in [0.29, 0.717) is 12.8 Å². The molecule has 0 radical (unpaired) electrons. The number of halogens is 2. The molecule has 5 rings (SSSR count). The van der Waals surface area contributed by atoms with Crippen molar-refractivity contribution in [2.75, 3.05) is 19.6 Å². The van der Waals surface area contributed by atoms with Crippen molar-refractivity contribution in [1.29, 1.82) is 0 Å². The number of aliphatic hydroxyl groups is 1. The van der Waals surface area contributed by atoms with Crippen molar-refractivity contribution in [3.05, 3.63) is 95.7 Å². The summed E-state index contributed by atoms with van der Waals surface area (Å²) in [6.07, 6.45) is 5.03. The Hall–Kier alpha value is -3.02. The monoisotopic (exact) mass is 446 g/mol. The van der Waals surface area contributed by atoms with Gasteiger partial charge in [0.25, 0.3) is 0 Å². The number of hydrogen-bond acceptors (Lipinski definition) is 2.